The van der Waals surface area contributed by atoms with E-state index in [1.165, 1.54) is 16.7 Å². The van der Waals surface area contributed by atoms with Crippen molar-refractivity contribution in [3.8, 4) is 0 Å². The lowest BCUT2D eigenvalue weighted by atomic mass is 9.82. The van der Waals surface area contributed by atoms with Gasteiger partial charge in [0, 0.05) is 17.0 Å². The number of aryl methyl sites for hydroxylation is 2. The summed E-state index contributed by atoms with van der Waals surface area (Å²) in [5.41, 5.74) is 3.26. The summed E-state index contributed by atoms with van der Waals surface area (Å²) in [6.45, 7) is 3.93. The standard InChI is InChI=1S/C26H26N2O5S/c1-15-7-10-18(13-16(15)2)28-23(29)14-22(25(28)31)34-19-11-8-17(9-12-19)27-24(30)20-5-3-4-6-21(20)26(32)33/h3-4,7-13,20-22H,5-6,14H2,1-2H3,(H,27,30)(H,32,33)/t20-,21-,22-/m0/s1. The van der Waals surface area contributed by atoms with Gasteiger partial charge in [-0.05, 0) is 74.2 Å². The summed E-state index contributed by atoms with van der Waals surface area (Å²) < 4.78 is 0. The molecule has 0 aromatic heterocycles. The van der Waals surface area contributed by atoms with Gasteiger partial charge in [-0.2, -0.15) is 0 Å². The molecule has 1 aliphatic heterocycles. The van der Waals surface area contributed by atoms with Gasteiger partial charge in [0.1, 0.15) is 0 Å². The van der Waals surface area contributed by atoms with Crippen LogP contribution in [0.4, 0.5) is 11.4 Å². The number of benzene rings is 2. The SMILES string of the molecule is Cc1ccc(N2C(=O)C[C@H](Sc3ccc(NC(=O)[C@H]4CC=CC[C@@H]4C(=O)O)cc3)C2=O)cc1C. The van der Waals surface area contributed by atoms with E-state index < -0.39 is 23.1 Å². The number of carbonyl (C=O) groups excluding carboxylic acids is 3. The molecule has 3 amide bonds. The lowest BCUT2D eigenvalue weighted by molar-refractivity contribution is -0.146. The van der Waals surface area contributed by atoms with E-state index in [1.54, 1.807) is 36.4 Å². The number of carboxylic acids is 1. The number of aliphatic carboxylic acids is 1. The Balaban J connectivity index is 1.40. The quantitative estimate of drug-likeness (QED) is 0.473. The Bertz CT molecular complexity index is 1170. The van der Waals surface area contributed by atoms with Crippen molar-refractivity contribution < 1.29 is 24.3 Å². The number of imide groups is 1. The largest absolute Gasteiger partial charge is 0.481 e. The molecule has 1 saturated heterocycles. The molecule has 2 aromatic rings. The molecule has 0 spiro atoms. The molecular weight excluding hydrogens is 452 g/mol. The second-order valence-corrected chi connectivity index (χ2v) is 9.93. The first-order valence-electron chi connectivity index (χ1n) is 11.1. The van der Waals surface area contributed by atoms with Crippen LogP contribution in [0.1, 0.15) is 30.4 Å². The van der Waals surface area contributed by atoms with Gasteiger partial charge >= 0.3 is 5.97 Å². The summed E-state index contributed by atoms with van der Waals surface area (Å²) in [5, 5.41) is 11.7. The number of thioether (sulfide) groups is 1. The van der Waals surface area contributed by atoms with E-state index in [0.29, 0.717) is 24.2 Å². The van der Waals surface area contributed by atoms with E-state index in [0.717, 1.165) is 16.0 Å². The first kappa shape index (κ1) is 23.8. The summed E-state index contributed by atoms with van der Waals surface area (Å²) in [6, 6.07) is 12.6. The minimum Gasteiger partial charge on any atom is -0.481 e. The fourth-order valence-electron chi connectivity index (χ4n) is 4.23. The van der Waals surface area contributed by atoms with Crippen molar-refractivity contribution in [3.63, 3.8) is 0 Å². The van der Waals surface area contributed by atoms with E-state index in [1.807, 2.05) is 32.1 Å². The molecule has 176 valence electrons. The molecule has 3 atom stereocenters. The minimum absolute atomic E-state index is 0.126. The number of anilines is 2. The van der Waals surface area contributed by atoms with Crippen molar-refractivity contribution in [1.82, 2.24) is 0 Å². The van der Waals surface area contributed by atoms with Gasteiger partial charge in [-0.25, -0.2) is 4.90 Å². The van der Waals surface area contributed by atoms with E-state index in [-0.39, 0.29) is 24.1 Å². The molecule has 0 radical (unpaired) electrons. The molecule has 2 aromatic carbocycles. The van der Waals surface area contributed by atoms with E-state index in [2.05, 4.69) is 5.32 Å². The van der Waals surface area contributed by atoms with Crippen LogP contribution in [-0.2, 0) is 19.2 Å². The average Bonchev–Trinajstić information content (AvgIpc) is 3.09. The maximum Gasteiger partial charge on any atom is 0.307 e. The third-order valence-electron chi connectivity index (χ3n) is 6.34. The van der Waals surface area contributed by atoms with Crippen LogP contribution >= 0.6 is 11.8 Å². The van der Waals surface area contributed by atoms with Crippen molar-refractivity contribution in [3.05, 3.63) is 65.7 Å². The highest BCUT2D eigenvalue weighted by Crippen LogP contribution is 2.35. The van der Waals surface area contributed by atoms with Crippen LogP contribution in [0.2, 0.25) is 0 Å². The van der Waals surface area contributed by atoms with Gasteiger partial charge in [-0.1, -0.05) is 18.2 Å². The Morgan fingerprint density at radius 2 is 1.65 bits per heavy atom. The number of nitrogens with zero attached hydrogens (tertiary/aromatic N) is 1. The maximum absolute atomic E-state index is 13.0. The van der Waals surface area contributed by atoms with Crippen LogP contribution in [0.5, 0.6) is 0 Å². The smallest absolute Gasteiger partial charge is 0.307 e. The van der Waals surface area contributed by atoms with E-state index >= 15 is 0 Å². The van der Waals surface area contributed by atoms with Crippen LogP contribution in [0.25, 0.3) is 0 Å². The zero-order valence-corrected chi connectivity index (χ0v) is 19.8. The summed E-state index contributed by atoms with van der Waals surface area (Å²) in [4.78, 5) is 51.7. The Morgan fingerprint density at radius 1 is 0.971 bits per heavy atom. The number of amides is 3. The van der Waals surface area contributed by atoms with Crippen molar-refractivity contribution in [2.24, 2.45) is 11.8 Å². The molecule has 0 bridgehead atoms. The highest BCUT2D eigenvalue weighted by molar-refractivity contribution is 8.00. The molecule has 1 aliphatic carbocycles. The van der Waals surface area contributed by atoms with Crippen molar-refractivity contribution in [2.45, 2.75) is 43.3 Å². The molecule has 1 heterocycles. The topological polar surface area (TPSA) is 104 Å². The number of allylic oxidation sites excluding steroid dienone is 2. The molecule has 0 unspecified atom stereocenters. The molecular formula is C26H26N2O5S. The molecule has 34 heavy (non-hydrogen) atoms. The van der Waals surface area contributed by atoms with Gasteiger partial charge < -0.3 is 10.4 Å². The van der Waals surface area contributed by atoms with Crippen LogP contribution in [-0.4, -0.2) is 34.0 Å². The summed E-state index contributed by atoms with van der Waals surface area (Å²) >= 11 is 1.32. The summed E-state index contributed by atoms with van der Waals surface area (Å²) in [5.74, 6) is -3.09. The first-order chi connectivity index (χ1) is 16.2. The number of hydrogen-bond acceptors (Lipinski definition) is 5. The van der Waals surface area contributed by atoms with Crippen LogP contribution in [0.3, 0.4) is 0 Å². The van der Waals surface area contributed by atoms with Gasteiger partial charge in [0.05, 0.1) is 22.8 Å². The van der Waals surface area contributed by atoms with Crippen LogP contribution < -0.4 is 10.2 Å². The number of carbonyl (C=O) groups is 4. The predicted molar refractivity (Wildman–Crippen MR) is 131 cm³/mol. The van der Waals surface area contributed by atoms with Crippen molar-refractivity contribution in [1.29, 1.82) is 0 Å². The predicted octanol–water partition coefficient (Wildman–Crippen LogP) is 4.33. The molecule has 1 fully saturated rings. The van der Waals surface area contributed by atoms with Gasteiger partial charge in [0.25, 0.3) is 0 Å². The molecule has 8 heteroatoms. The van der Waals surface area contributed by atoms with Gasteiger partial charge in [-0.3, -0.25) is 19.2 Å². The maximum atomic E-state index is 13.0. The minimum atomic E-state index is -0.970. The first-order valence-corrected chi connectivity index (χ1v) is 12.0. The summed E-state index contributed by atoms with van der Waals surface area (Å²) in [6.07, 6.45) is 4.50. The number of hydrogen-bond donors (Lipinski definition) is 2. The number of carboxylic acid groups (broad SMARTS) is 1. The molecule has 2 aliphatic rings. The third kappa shape index (κ3) is 4.92. The van der Waals surface area contributed by atoms with Crippen molar-refractivity contribution >= 4 is 46.8 Å². The molecule has 2 N–H and O–H groups in total. The van der Waals surface area contributed by atoms with Crippen LogP contribution in [0, 0.1) is 25.7 Å². The number of rotatable bonds is 6. The fraction of sp³-hybridized carbons (Fsp3) is 0.308. The highest BCUT2D eigenvalue weighted by Gasteiger charge is 2.40. The second-order valence-electron chi connectivity index (χ2n) is 8.65. The highest BCUT2D eigenvalue weighted by atomic mass is 32.2. The monoisotopic (exact) mass is 478 g/mol. The molecule has 7 nitrogen and oxygen atoms in total. The normalized spacial score (nSPS) is 22.2. The third-order valence-corrected chi connectivity index (χ3v) is 7.54. The van der Waals surface area contributed by atoms with Gasteiger partial charge in [0.15, 0.2) is 0 Å². The second kappa shape index (κ2) is 9.85. The zero-order valence-electron chi connectivity index (χ0n) is 19.0. The fourth-order valence-corrected chi connectivity index (χ4v) is 5.28. The zero-order chi connectivity index (χ0) is 24.4. The Kier molecular flexibility index (Phi) is 6.88. The lowest BCUT2D eigenvalue weighted by Gasteiger charge is -2.24. The van der Waals surface area contributed by atoms with Crippen molar-refractivity contribution in [2.75, 3.05) is 10.2 Å². The Morgan fingerprint density at radius 3 is 2.29 bits per heavy atom. The number of nitrogens with one attached hydrogen (secondary N) is 1. The summed E-state index contributed by atoms with van der Waals surface area (Å²) in [7, 11) is 0. The lowest BCUT2D eigenvalue weighted by Crippen LogP contribution is -2.34. The van der Waals surface area contributed by atoms with E-state index in [9.17, 15) is 24.3 Å². The van der Waals surface area contributed by atoms with Crippen LogP contribution in [0.15, 0.2) is 59.5 Å². The average molecular weight is 479 g/mol. The Labute approximate surface area is 202 Å². The van der Waals surface area contributed by atoms with E-state index in [4.69, 9.17) is 0 Å². The molecule has 4 rings (SSSR count). The van der Waals surface area contributed by atoms with Gasteiger partial charge in [0.2, 0.25) is 17.7 Å². The molecule has 0 saturated carbocycles. The Hall–Kier alpha value is -3.39. The van der Waals surface area contributed by atoms with Gasteiger partial charge in [-0.15, -0.1) is 11.8 Å².